The van der Waals surface area contributed by atoms with E-state index >= 15 is 0 Å². The Balaban J connectivity index is 0.000000302. The molecule has 8 heteroatoms. The van der Waals surface area contributed by atoms with Crippen LogP contribution in [0, 0.1) is 16.7 Å². The molecule has 0 atom stereocenters. The lowest BCUT2D eigenvalue weighted by molar-refractivity contribution is 0.0825. The van der Waals surface area contributed by atoms with Gasteiger partial charge >= 0.3 is 0 Å². The lowest BCUT2D eigenvalue weighted by atomic mass is 9.96. The molecule has 4 rings (SSSR count). The molecule has 7 nitrogen and oxygen atoms in total. The van der Waals surface area contributed by atoms with Gasteiger partial charge in [0.25, 0.3) is 5.91 Å². The van der Waals surface area contributed by atoms with Crippen molar-refractivity contribution >= 4 is 34.6 Å². The van der Waals surface area contributed by atoms with Crippen molar-refractivity contribution < 1.29 is 9.53 Å². The molecule has 0 bridgehead atoms. The van der Waals surface area contributed by atoms with Crippen LogP contribution in [-0.4, -0.2) is 40.5 Å². The lowest BCUT2D eigenvalue weighted by Gasteiger charge is -2.20. The Hall–Kier alpha value is -3.42. The van der Waals surface area contributed by atoms with Gasteiger partial charge < -0.3 is 20.9 Å². The molecule has 0 unspecified atom stereocenters. The Bertz CT molecular complexity index is 1160. The maximum absolute atomic E-state index is 12.6. The minimum atomic E-state index is -0.407. The van der Waals surface area contributed by atoms with E-state index in [1.54, 1.807) is 25.1 Å². The lowest BCUT2D eigenvalue weighted by Crippen LogP contribution is -2.20. The normalized spacial score (nSPS) is 13.4. The van der Waals surface area contributed by atoms with E-state index in [1.165, 1.54) is 6.07 Å². The quantitative estimate of drug-likeness (QED) is 0.314. The summed E-state index contributed by atoms with van der Waals surface area (Å²) in [5, 5.41) is 18.1. The average Bonchev–Trinajstić information content (AvgIpc) is 2.85. The van der Waals surface area contributed by atoms with Gasteiger partial charge in [0.15, 0.2) is 5.82 Å². The number of ether oxygens (including phenoxy) is 1. The molecular formula is C26H28ClN5O2. The van der Waals surface area contributed by atoms with Crippen LogP contribution in [0.4, 0.5) is 5.69 Å². The number of rotatable bonds is 5. The third-order valence-corrected chi connectivity index (χ3v) is 5.57. The van der Waals surface area contributed by atoms with Crippen LogP contribution in [0.1, 0.15) is 42.7 Å². The summed E-state index contributed by atoms with van der Waals surface area (Å²) in [5.41, 5.74) is 3.32. The van der Waals surface area contributed by atoms with Crippen LogP contribution in [0.25, 0.3) is 11.4 Å². The summed E-state index contributed by atoms with van der Waals surface area (Å²) in [5.74, 6) is 0.490. The monoisotopic (exact) mass is 477 g/mol. The van der Waals surface area contributed by atoms with Gasteiger partial charge in [0.1, 0.15) is 10.8 Å². The number of carbonyl (C=O) groups is 1. The molecule has 1 amide bonds. The van der Waals surface area contributed by atoms with Crippen LogP contribution < -0.4 is 5.32 Å². The van der Waals surface area contributed by atoms with Gasteiger partial charge in [0, 0.05) is 47.7 Å². The molecule has 0 saturated carbocycles. The van der Waals surface area contributed by atoms with E-state index in [9.17, 15) is 4.79 Å². The molecule has 0 aliphatic carbocycles. The summed E-state index contributed by atoms with van der Waals surface area (Å²) in [6, 6.07) is 17.9. The van der Waals surface area contributed by atoms with Crippen molar-refractivity contribution in [3.8, 4) is 11.4 Å². The summed E-state index contributed by atoms with van der Waals surface area (Å²) in [4.78, 5) is 21.1. The fourth-order valence-corrected chi connectivity index (χ4v) is 3.67. The first-order chi connectivity index (χ1) is 16.3. The van der Waals surface area contributed by atoms with E-state index in [0.29, 0.717) is 28.7 Å². The number of halogens is 1. The second-order valence-corrected chi connectivity index (χ2v) is 8.35. The Kier molecular flexibility index (Phi) is 9.01. The Morgan fingerprint density at radius 1 is 1.00 bits per heavy atom. The van der Waals surface area contributed by atoms with E-state index in [1.807, 2.05) is 43.3 Å². The fraction of sp³-hybridized carbons (Fsp3) is 0.269. The van der Waals surface area contributed by atoms with Gasteiger partial charge in [-0.05, 0) is 32.8 Å². The SMILES string of the molecule is CC(=N)C1CCOCC1.CC(=N)c1ccccc1NC(=O)c1cc(Cl)nc(-c2ccccc2)n1. The number of carbonyl (C=O) groups excluding carboxylic acids is 1. The first-order valence-electron chi connectivity index (χ1n) is 11.0. The largest absolute Gasteiger partial charge is 0.381 e. The van der Waals surface area contributed by atoms with Crippen molar-refractivity contribution in [3.63, 3.8) is 0 Å². The highest BCUT2D eigenvalue weighted by molar-refractivity contribution is 6.30. The molecule has 34 heavy (non-hydrogen) atoms. The van der Waals surface area contributed by atoms with Crippen molar-refractivity contribution in [2.24, 2.45) is 5.92 Å². The third kappa shape index (κ3) is 7.04. The number of anilines is 1. The smallest absolute Gasteiger partial charge is 0.274 e. The zero-order valence-corrected chi connectivity index (χ0v) is 20.0. The highest BCUT2D eigenvalue weighted by Gasteiger charge is 2.15. The summed E-state index contributed by atoms with van der Waals surface area (Å²) in [7, 11) is 0. The molecule has 3 aromatic rings. The minimum absolute atomic E-state index is 0.163. The van der Waals surface area contributed by atoms with E-state index < -0.39 is 5.91 Å². The predicted octanol–water partition coefficient (Wildman–Crippen LogP) is 5.89. The predicted molar refractivity (Wildman–Crippen MR) is 136 cm³/mol. The van der Waals surface area contributed by atoms with Crippen molar-refractivity contribution in [1.29, 1.82) is 10.8 Å². The molecule has 2 heterocycles. The first kappa shape index (κ1) is 25.2. The number of hydrogen-bond acceptors (Lipinski definition) is 6. The van der Waals surface area contributed by atoms with Crippen LogP contribution in [0.2, 0.25) is 5.15 Å². The molecule has 3 N–H and O–H groups in total. The highest BCUT2D eigenvalue weighted by atomic mass is 35.5. The van der Waals surface area contributed by atoms with Crippen LogP contribution in [-0.2, 0) is 4.74 Å². The molecule has 2 aromatic carbocycles. The molecule has 1 aliphatic rings. The number of nitrogens with zero attached hydrogens (tertiary/aromatic N) is 2. The van der Waals surface area contributed by atoms with E-state index in [0.717, 1.165) is 37.3 Å². The minimum Gasteiger partial charge on any atom is -0.381 e. The van der Waals surface area contributed by atoms with Crippen LogP contribution in [0.3, 0.4) is 0 Å². The van der Waals surface area contributed by atoms with E-state index in [4.69, 9.17) is 27.2 Å². The number of aromatic nitrogens is 2. The summed E-state index contributed by atoms with van der Waals surface area (Å²) in [6.07, 6.45) is 2.10. The third-order valence-electron chi connectivity index (χ3n) is 5.37. The number of benzene rings is 2. The highest BCUT2D eigenvalue weighted by Crippen LogP contribution is 2.20. The van der Waals surface area contributed by atoms with Crippen LogP contribution in [0.15, 0.2) is 60.7 Å². The molecule has 1 aliphatic heterocycles. The molecule has 0 spiro atoms. The standard InChI is InChI=1S/C19H15ClN4O.C7H13NO/c1-12(21)14-9-5-6-10-15(14)23-19(25)16-11-17(20)24-18(22-16)13-7-3-2-4-8-13;1-6(8)7-2-4-9-5-3-7/h2-11,21H,1H3,(H,23,25);7-8H,2-5H2,1H3. The topological polar surface area (TPSA) is 112 Å². The second-order valence-electron chi connectivity index (χ2n) is 7.96. The van der Waals surface area contributed by atoms with Crippen molar-refractivity contribution in [3.05, 3.63) is 77.1 Å². The van der Waals surface area contributed by atoms with Gasteiger partial charge in [0.05, 0.1) is 5.69 Å². The molecule has 1 saturated heterocycles. The maximum atomic E-state index is 12.6. The second kappa shape index (κ2) is 12.2. The zero-order valence-electron chi connectivity index (χ0n) is 19.3. The molecular weight excluding hydrogens is 450 g/mol. The van der Waals surface area contributed by atoms with Gasteiger partial charge in [-0.1, -0.05) is 60.1 Å². The maximum Gasteiger partial charge on any atom is 0.274 e. The average molecular weight is 478 g/mol. The van der Waals surface area contributed by atoms with Gasteiger partial charge in [-0.3, -0.25) is 4.79 Å². The fourth-order valence-electron chi connectivity index (χ4n) is 3.49. The van der Waals surface area contributed by atoms with E-state index in [-0.39, 0.29) is 10.8 Å². The molecule has 176 valence electrons. The van der Waals surface area contributed by atoms with Gasteiger partial charge in [0.2, 0.25) is 0 Å². The van der Waals surface area contributed by atoms with Crippen molar-refractivity contribution in [1.82, 2.24) is 9.97 Å². The van der Waals surface area contributed by atoms with Gasteiger partial charge in [-0.25, -0.2) is 9.97 Å². The van der Waals surface area contributed by atoms with Gasteiger partial charge in [-0.2, -0.15) is 0 Å². The van der Waals surface area contributed by atoms with E-state index in [2.05, 4.69) is 15.3 Å². The Morgan fingerprint density at radius 3 is 2.26 bits per heavy atom. The van der Waals surface area contributed by atoms with Crippen molar-refractivity contribution in [2.45, 2.75) is 26.7 Å². The summed E-state index contributed by atoms with van der Waals surface area (Å²) in [6.45, 7) is 5.25. The number of nitrogens with one attached hydrogen (secondary N) is 3. The number of para-hydroxylation sites is 1. The molecule has 1 aromatic heterocycles. The number of hydrogen-bond donors (Lipinski definition) is 3. The summed E-state index contributed by atoms with van der Waals surface area (Å²) >= 11 is 6.06. The van der Waals surface area contributed by atoms with Crippen LogP contribution >= 0.6 is 11.6 Å². The zero-order chi connectivity index (χ0) is 24.5. The molecule has 0 radical (unpaired) electrons. The summed E-state index contributed by atoms with van der Waals surface area (Å²) < 4.78 is 5.15. The molecule has 1 fully saturated rings. The Labute approximate surface area is 204 Å². The Morgan fingerprint density at radius 2 is 1.65 bits per heavy atom. The number of amides is 1. The first-order valence-corrected chi connectivity index (χ1v) is 11.4. The van der Waals surface area contributed by atoms with Crippen LogP contribution in [0.5, 0.6) is 0 Å². The van der Waals surface area contributed by atoms with Gasteiger partial charge in [-0.15, -0.1) is 0 Å². The van der Waals surface area contributed by atoms with Crippen molar-refractivity contribution in [2.75, 3.05) is 18.5 Å².